The van der Waals surface area contributed by atoms with Crippen molar-refractivity contribution in [1.29, 1.82) is 0 Å². The maximum Gasteiger partial charge on any atom is 0.231 e. The van der Waals surface area contributed by atoms with Crippen LogP contribution in [-0.4, -0.2) is 55.4 Å². The molecule has 1 aromatic heterocycles. The number of nitrogens with zero attached hydrogens (tertiary/aromatic N) is 4. The average Bonchev–Trinajstić information content (AvgIpc) is 3.20. The first-order valence-electron chi connectivity index (χ1n) is 9.41. The van der Waals surface area contributed by atoms with Gasteiger partial charge in [0.05, 0.1) is 6.54 Å². The Balaban J connectivity index is 0.00000225. The van der Waals surface area contributed by atoms with E-state index in [9.17, 15) is 0 Å². The quantitative estimate of drug-likeness (QED) is 0.400. The van der Waals surface area contributed by atoms with Crippen molar-refractivity contribution in [1.82, 2.24) is 15.2 Å². The molecule has 1 fully saturated rings. The summed E-state index contributed by atoms with van der Waals surface area (Å²) < 4.78 is 10.8. The number of pyridine rings is 1. The van der Waals surface area contributed by atoms with Gasteiger partial charge in [0.15, 0.2) is 17.5 Å². The van der Waals surface area contributed by atoms with Gasteiger partial charge in [-0.3, -0.25) is 0 Å². The Hall–Kier alpha value is -2.23. The number of aliphatic imine (C=N–C) groups is 1. The first kappa shape index (κ1) is 20.5. The smallest absolute Gasteiger partial charge is 0.231 e. The SMILES string of the molecule is CCNC(=NCc1ccc2c(c1)OCO2)N1CCN(c2ccccn2)CC1.I. The summed E-state index contributed by atoms with van der Waals surface area (Å²) in [6, 6.07) is 12.0. The molecule has 4 rings (SSSR count). The second-order valence-corrected chi connectivity index (χ2v) is 6.52. The normalized spacial score (nSPS) is 16.0. The van der Waals surface area contributed by atoms with Gasteiger partial charge in [-0.2, -0.15) is 0 Å². The third-order valence-corrected chi connectivity index (χ3v) is 4.74. The van der Waals surface area contributed by atoms with Gasteiger partial charge in [-0.15, -0.1) is 24.0 Å². The van der Waals surface area contributed by atoms with Crippen LogP contribution >= 0.6 is 24.0 Å². The highest BCUT2D eigenvalue weighted by Crippen LogP contribution is 2.32. The summed E-state index contributed by atoms with van der Waals surface area (Å²) in [6.07, 6.45) is 1.85. The molecule has 0 unspecified atom stereocenters. The maximum absolute atomic E-state index is 5.46. The lowest BCUT2D eigenvalue weighted by Gasteiger charge is -2.37. The number of benzene rings is 1. The van der Waals surface area contributed by atoms with Crippen LogP contribution in [0.15, 0.2) is 47.6 Å². The van der Waals surface area contributed by atoms with Crippen LogP contribution in [0.25, 0.3) is 0 Å². The van der Waals surface area contributed by atoms with Crippen LogP contribution in [0, 0.1) is 0 Å². The molecule has 1 aromatic carbocycles. The molecule has 1 saturated heterocycles. The molecule has 0 saturated carbocycles. The number of rotatable bonds is 4. The van der Waals surface area contributed by atoms with E-state index in [1.165, 1.54) is 0 Å². The fourth-order valence-electron chi connectivity index (χ4n) is 3.32. The van der Waals surface area contributed by atoms with Crippen LogP contribution in [0.2, 0.25) is 0 Å². The third kappa shape index (κ3) is 4.78. The van der Waals surface area contributed by atoms with Crippen molar-refractivity contribution in [2.45, 2.75) is 13.5 Å². The van der Waals surface area contributed by atoms with Crippen molar-refractivity contribution in [2.75, 3.05) is 44.4 Å². The number of hydrogen-bond donors (Lipinski definition) is 1. The third-order valence-electron chi connectivity index (χ3n) is 4.74. The second-order valence-electron chi connectivity index (χ2n) is 6.52. The first-order valence-corrected chi connectivity index (χ1v) is 9.41. The molecule has 28 heavy (non-hydrogen) atoms. The molecule has 8 heteroatoms. The number of guanidine groups is 1. The van der Waals surface area contributed by atoms with E-state index in [0.717, 1.165) is 61.6 Å². The van der Waals surface area contributed by atoms with Gasteiger partial charge in [0, 0.05) is 38.9 Å². The van der Waals surface area contributed by atoms with E-state index in [-0.39, 0.29) is 24.0 Å². The molecule has 2 aromatic rings. The molecule has 2 aliphatic heterocycles. The summed E-state index contributed by atoms with van der Waals surface area (Å²) in [5.41, 5.74) is 1.11. The maximum atomic E-state index is 5.46. The number of aromatic nitrogens is 1. The molecule has 3 heterocycles. The Morgan fingerprint density at radius 1 is 1.11 bits per heavy atom. The van der Waals surface area contributed by atoms with E-state index in [0.29, 0.717) is 13.3 Å². The van der Waals surface area contributed by atoms with Gasteiger partial charge in [-0.05, 0) is 36.8 Å². The highest BCUT2D eigenvalue weighted by molar-refractivity contribution is 14.0. The predicted octanol–water partition coefficient (Wildman–Crippen LogP) is 2.72. The lowest BCUT2D eigenvalue weighted by molar-refractivity contribution is 0.174. The van der Waals surface area contributed by atoms with E-state index in [1.54, 1.807) is 0 Å². The number of piperazine rings is 1. The lowest BCUT2D eigenvalue weighted by Crippen LogP contribution is -2.52. The molecule has 0 spiro atoms. The minimum atomic E-state index is 0. The van der Waals surface area contributed by atoms with Gasteiger partial charge in [0.1, 0.15) is 5.82 Å². The summed E-state index contributed by atoms with van der Waals surface area (Å²) in [4.78, 5) is 13.9. The number of fused-ring (bicyclic) bond motifs is 1. The van der Waals surface area contributed by atoms with Crippen LogP contribution in [0.4, 0.5) is 5.82 Å². The van der Waals surface area contributed by atoms with Crippen LogP contribution in [-0.2, 0) is 6.54 Å². The summed E-state index contributed by atoms with van der Waals surface area (Å²) >= 11 is 0. The zero-order valence-electron chi connectivity index (χ0n) is 16.0. The highest BCUT2D eigenvalue weighted by Gasteiger charge is 2.20. The van der Waals surface area contributed by atoms with Crippen LogP contribution in [0.1, 0.15) is 12.5 Å². The van der Waals surface area contributed by atoms with Gasteiger partial charge < -0.3 is 24.6 Å². The van der Waals surface area contributed by atoms with Crippen molar-refractivity contribution >= 4 is 35.8 Å². The Bertz CT molecular complexity index is 794. The molecule has 0 bridgehead atoms. The van der Waals surface area contributed by atoms with Gasteiger partial charge in [-0.25, -0.2) is 9.98 Å². The highest BCUT2D eigenvalue weighted by atomic mass is 127. The van der Waals surface area contributed by atoms with Crippen molar-refractivity contribution in [2.24, 2.45) is 4.99 Å². The van der Waals surface area contributed by atoms with E-state index in [4.69, 9.17) is 14.5 Å². The van der Waals surface area contributed by atoms with E-state index >= 15 is 0 Å². The van der Waals surface area contributed by atoms with Crippen LogP contribution in [0.3, 0.4) is 0 Å². The molecule has 2 aliphatic rings. The van der Waals surface area contributed by atoms with Crippen LogP contribution in [0.5, 0.6) is 11.5 Å². The number of halogens is 1. The van der Waals surface area contributed by atoms with Crippen molar-refractivity contribution < 1.29 is 9.47 Å². The van der Waals surface area contributed by atoms with Crippen molar-refractivity contribution in [3.05, 3.63) is 48.2 Å². The van der Waals surface area contributed by atoms with Gasteiger partial charge >= 0.3 is 0 Å². The van der Waals surface area contributed by atoms with Crippen LogP contribution < -0.4 is 19.7 Å². The first-order chi connectivity index (χ1) is 13.3. The molecular weight excluding hydrogens is 469 g/mol. The Morgan fingerprint density at radius 2 is 1.93 bits per heavy atom. The van der Waals surface area contributed by atoms with E-state index < -0.39 is 0 Å². The fourth-order valence-corrected chi connectivity index (χ4v) is 3.32. The minimum absolute atomic E-state index is 0. The zero-order chi connectivity index (χ0) is 18.5. The number of ether oxygens (including phenoxy) is 2. The minimum Gasteiger partial charge on any atom is -0.454 e. The Kier molecular flexibility index (Phi) is 7.18. The molecule has 0 aliphatic carbocycles. The largest absolute Gasteiger partial charge is 0.454 e. The monoisotopic (exact) mass is 495 g/mol. The Morgan fingerprint density at radius 3 is 2.68 bits per heavy atom. The standard InChI is InChI=1S/C20H25N5O2.HI/c1-2-21-20(23-14-16-6-7-17-18(13-16)27-15-26-17)25-11-9-24(10-12-25)19-5-3-4-8-22-19;/h3-8,13H,2,9-12,14-15H2,1H3,(H,21,23);1H. The molecule has 0 amide bonds. The zero-order valence-corrected chi connectivity index (χ0v) is 18.3. The second kappa shape index (κ2) is 9.81. The average molecular weight is 495 g/mol. The van der Waals surface area contributed by atoms with Crippen molar-refractivity contribution in [3.8, 4) is 11.5 Å². The predicted molar refractivity (Wildman–Crippen MR) is 121 cm³/mol. The summed E-state index contributed by atoms with van der Waals surface area (Å²) in [6.45, 7) is 7.56. The Labute approximate surface area is 182 Å². The molecule has 0 radical (unpaired) electrons. The molecular formula is C20H26IN5O2. The summed E-state index contributed by atoms with van der Waals surface area (Å²) in [7, 11) is 0. The molecule has 1 N–H and O–H groups in total. The summed E-state index contributed by atoms with van der Waals surface area (Å²) in [5, 5.41) is 3.42. The molecule has 150 valence electrons. The van der Waals surface area contributed by atoms with Gasteiger partial charge in [0.2, 0.25) is 6.79 Å². The number of anilines is 1. The number of nitrogens with one attached hydrogen (secondary N) is 1. The summed E-state index contributed by atoms with van der Waals surface area (Å²) in [5.74, 6) is 3.60. The fraction of sp³-hybridized carbons (Fsp3) is 0.400. The van der Waals surface area contributed by atoms with E-state index in [2.05, 4.69) is 33.1 Å². The lowest BCUT2D eigenvalue weighted by atomic mass is 10.2. The van der Waals surface area contributed by atoms with Gasteiger partial charge in [0.25, 0.3) is 0 Å². The van der Waals surface area contributed by atoms with Gasteiger partial charge in [-0.1, -0.05) is 12.1 Å². The van der Waals surface area contributed by atoms with E-state index in [1.807, 2.05) is 36.5 Å². The molecule has 0 atom stereocenters. The molecule has 7 nitrogen and oxygen atoms in total. The van der Waals surface area contributed by atoms with Crippen molar-refractivity contribution in [3.63, 3.8) is 0 Å². The topological polar surface area (TPSA) is 62.2 Å². The number of hydrogen-bond acceptors (Lipinski definition) is 5.